The van der Waals surface area contributed by atoms with Gasteiger partial charge in [-0.15, -0.1) is 0 Å². The largest absolute Gasteiger partial charge is 0.317 e. The molecular weight excluding hydrogens is 473 g/mol. The van der Waals surface area contributed by atoms with E-state index in [4.69, 9.17) is 0 Å². The van der Waals surface area contributed by atoms with E-state index in [0.29, 0.717) is 5.69 Å². The second-order valence-corrected chi connectivity index (χ2v) is 10.9. The van der Waals surface area contributed by atoms with Crippen molar-refractivity contribution in [1.29, 1.82) is 0 Å². The molecule has 4 nitrogen and oxygen atoms in total. The first kappa shape index (κ1) is 28.0. The number of aryl methyl sites for hydroxylation is 2. The molecule has 5 heteroatoms. The molecule has 1 N–H and O–H groups in total. The van der Waals surface area contributed by atoms with E-state index < -0.39 is 0 Å². The highest BCUT2D eigenvalue weighted by Gasteiger charge is 2.24. The second-order valence-electron chi connectivity index (χ2n) is 10.9. The van der Waals surface area contributed by atoms with Crippen molar-refractivity contribution in [3.63, 3.8) is 0 Å². The summed E-state index contributed by atoms with van der Waals surface area (Å²) < 4.78 is 15.2. The number of carbonyl (C=O) groups excluding carboxylic acids is 1. The highest BCUT2D eigenvalue weighted by Crippen LogP contribution is 2.35. The summed E-state index contributed by atoms with van der Waals surface area (Å²) in [7, 11) is 2.07. The van der Waals surface area contributed by atoms with Crippen LogP contribution in [0.5, 0.6) is 0 Å². The van der Waals surface area contributed by atoms with Crippen LogP contribution in [0.4, 0.5) is 4.39 Å². The van der Waals surface area contributed by atoms with Crippen molar-refractivity contribution < 1.29 is 9.18 Å². The van der Waals surface area contributed by atoms with Crippen LogP contribution in [0.15, 0.2) is 42.5 Å². The van der Waals surface area contributed by atoms with E-state index in [-0.39, 0.29) is 5.82 Å². The van der Waals surface area contributed by atoms with Crippen molar-refractivity contribution in [3.8, 4) is 5.69 Å². The second kappa shape index (κ2) is 13.1. The molecule has 1 heterocycles. The summed E-state index contributed by atoms with van der Waals surface area (Å²) in [4.78, 5) is 11.7. The van der Waals surface area contributed by atoms with Crippen LogP contribution in [-0.4, -0.2) is 29.2 Å². The summed E-state index contributed by atoms with van der Waals surface area (Å²) >= 11 is 0. The Morgan fingerprint density at radius 1 is 1.00 bits per heavy atom. The Balaban J connectivity index is 0.000000283. The average Bonchev–Trinajstić information content (AvgIpc) is 3.17. The van der Waals surface area contributed by atoms with Gasteiger partial charge in [-0.1, -0.05) is 49.1 Å². The van der Waals surface area contributed by atoms with Crippen molar-refractivity contribution in [2.75, 3.05) is 7.05 Å². The normalized spacial score (nSPS) is 17.8. The predicted octanol–water partition coefficient (Wildman–Crippen LogP) is 7.88. The van der Waals surface area contributed by atoms with Gasteiger partial charge in [0.25, 0.3) is 0 Å². The third-order valence-corrected chi connectivity index (χ3v) is 8.16. The Kier molecular flexibility index (Phi) is 9.68. The van der Waals surface area contributed by atoms with Gasteiger partial charge in [-0.05, 0) is 113 Å². The highest BCUT2D eigenvalue weighted by molar-refractivity contribution is 5.86. The molecule has 202 valence electrons. The monoisotopic (exact) mass is 515 g/mol. The molecule has 0 amide bonds. The maximum Gasteiger partial charge on any atom is 0.170 e. The molecule has 1 fully saturated rings. The van der Waals surface area contributed by atoms with Gasteiger partial charge in [-0.25, -0.2) is 9.07 Å². The number of carbonyl (C=O) groups is 1. The summed E-state index contributed by atoms with van der Waals surface area (Å²) in [5.41, 5.74) is 7.93. The fourth-order valence-corrected chi connectivity index (χ4v) is 5.86. The zero-order valence-electron chi connectivity index (χ0n) is 23.4. The fraction of sp³-hybridized carbons (Fsp3) is 0.455. The molecule has 1 atom stereocenters. The molecule has 1 aromatic heterocycles. The van der Waals surface area contributed by atoms with Crippen LogP contribution in [0.25, 0.3) is 17.3 Å². The Hall–Kier alpha value is -3.05. The van der Waals surface area contributed by atoms with E-state index in [2.05, 4.69) is 62.5 Å². The van der Waals surface area contributed by atoms with Crippen LogP contribution in [0, 0.1) is 25.6 Å². The quantitative estimate of drug-likeness (QED) is 0.278. The van der Waals surface area contributed by atoms with E-state index in [1.54, 1.807) is 12.1 Å². The molecule has 5 rings (SSSR count). The fourth-order valence-electron chi connectivity index (χ4n) is 5.86. The molecule has 3 aromatic rings. The van der Waals surface area contributed by atoms with Crippen LogP contribution in [0.1, 0.15) is 96.7 Å². The molecular formula is C33H42FN3O. The van der Waals surface area contributed by atoms with Gasteiger partial charge in [-0.2, -0.15) is 5.10 Å². The van der Waals surface area contributed by atoms with Gasteiger partial charge < -0.3 is 5.32 Å². The number of rotatable bonds is 5. The Morgan fingerprint density at radius 3 is 2.37 bits per heavy atom. The maximum atomic E-state index is 13.3. The van der Waals surface area contributed by atoms with Gasteiger partial charge in [0.2, 0.25) is 0 Å². The Labute approximate surface area is 227 Å². The summed E-state index contributed by atoms with van der Waals surface area (Å²) in [5.74, 6) is 0.714. The smallest absolute Gasteiger partial charge is 0.170 e. The number of benzene rings is 2. The number of aromatic nitrogens is 2. The summed E-state index contributed by atoms with van der Waals surface area (Å²) in [6.07, 6.45) is 14.0. The topological polar surface area (TPSA) is 46.9 Å². The lowest BCUT2D eigenvalue weighted by atomic mass is 9.85. The standard InChI is InChI=1S/C24H23FN2O.C9H19N/c1-16-7-12-23(17(2)13-16)27-24-19(14-18-8-10-20(25)11-9-18)5-3-4-6-21(24)22(15-28)26-27;1-8(10-2)9-6-4-3-5-7-9/h7-15H,3-6H2,1-2H3;8-10H,3-7H2,1-2H3/b19-14+;/t;8-/m.0/s1. The van der Waals surface area contributed by atoms with E-state index in [1.807, 2.05) is 4.68 Å². The van der Waals surface area contributed by atoms with Crippen LogP contribution in [-0.2, 0) is 6.42 Å². The van der Waals surface area contributed by atoms with Crippen molar-refractivity contribution >= 4 is 17.9 Å². The summed E-state index contributed by atoms with van der Waals surface area (Å²) in [5, 5.41) is 8.00. The van der Waals surface area contributed by atoms with Crippen molar-refractivity contribution in [3.05, 3.63) is 81.9 Å². The Morgan fingerprint density at radius 2 is 1.71 bits per heavy atom. The van der Waals surface area contributed by atoms with Crippen LogP contribution in [0.3, 0.4) is 0 Å². The first-order chi connectivity index (χ1) is 18.4. The third-order valence-electron chi connectivity index (χ3n) is 8.16. The first-order valence-electron chi connectivity index (χ1n) is 14.2. The molecule has 2 aliphatic rings. The van der Waals surface area contributed by atoms with Gasteiger partial charge in [0.05, 0.1) is 11.4 Å². The van der Waals surface area contributed by atoms with E-state index in [0.717, 1.165) is 77.6 Å². The number of hydrogen-bond donors (Lipinski definition) is 1. The number of hydrogen-bond acceptors (Lipinski definition) is 3. The lowest BCUT2D eigenvalue weighted by molar-refractivity contribution is 0.111. The van der Waals surface area contributed by atoms with Gasteiger partial charge in [-0.3, -0.25) is 4.79 Å². The average molecular weight is 516 g/mol. The molecule has 0 aliphatic heterocycles. The highest BCUT2D eigenvalue weighted by atomic mass is 19.1. The number of allylic oxidation sites excluding steroid dienone is 1. The minimum absolute atomic E-state index is 0.243. The van der Waals surface area contributed by atoms with Gasteiger partial charge in [0.15, 0.2) is 6.29 Å². The lowest BCUT2D eigenvalue weighted by Gasteiger charge is -2.27. The molecule has 0 radical (unpaired) electrons. The number of nitrogens with one attached hydrogen (secondary N) is 1. The van der Waals surface area contributed by atoms with Crippen molar-refractivity contribution in [2.24, 2.45) is 5.92 Å². The minimum atomic E-state index is -0.243. The van der Waals surface area contributed by atoms with E-state index in [9.17, 15) is 9.18 Å². The molecule has 0 saturated heterocycles. The SMILES string of the molecule is CN[C@@H](C)C1CCCCC1.Cc1ccc(-n2nc(C=O)c3c2/C(=C/c2ccc(F)cc2)CCCC3)c(C)c1. The van der Waals surface area contributed by atoms with Gasteiger partial charge in [0.1, 0.15) is 11.5 Å². The zero-order valence-corrected chi connectivity index (χ0v) is 23.4. The number of fused-ring (bicyclic) bond motifs is 1. The molecule has 38 heavy (non-hydrogen) atoms. The van der Waals surface area contributed by atoms with Crippen molar-refractivity contribution in [2.45, 2.75) is 84.6 Å². The maximum absolute atomic E-state index is 13.3. The van der Waals surface area contributed by atoms with Crippen LogP contribution < -0.4 is 5.32 Å². The Bertz CT molecular complexity index is 1250. The molecule has 0 spiro atoms. The molecule has 2 aromatic carbocycles. The van der Waals surface area contributed by atoms with E-state index in [1.165, 1.54) is 49.8 Å². The third kappa shape index (κ3) is 6.68. The van der Waals surface area contributed by atoms with Gasteiger partial charge in [0, 0.05) is 11.6 Å². The predicted molar refractivity (Wildman–Crippen MR) is 155 cm³/mol. The van der Waals surface area contributed by atoms with Gasteiger partial charge >= 0.3 is 0 Å². The van der Waals surface area contributed by atoms with Crippen LogP contribution in [0.2, 0.25) is 0 Å². The lowest BCUT2D eigenvalue weighted by Crippen LogP contribution is -2.31. The van der Waals surface area contributed by atoms with E-state index >= 15 is 0 Å². The number of halogens is 1. The molecule has 0 bridgehead atoms. The summed E-state index contributed by atoms with van der Waals surface area (Å²) in [6.45, 7) is 6.43. The first-order valence-corrected chi connectivity index (χ1v) is 14.2. The van der Waals surface area contributed by atoms with Crippen LogP contribution >= 0.6 is 0 Å². The van der Waals surface area contributed by atoms with Crippen molar-refractivity contribution in [1.82, 2.24) is 15.1 Å². The number of aldehydes is 1. The minimum Gasteiger partial charge on any atom is -0.317 e. The zero-order chi connectivity index (χ0) is 27.1. The molecule has 0 unspecified atom stereocenters. The molecule has 2 aliphatic carbocycles. The number of nitrogens with zero attached hydrogens (tertiary/aromatic N) is 2. The molecule has 1 saturated carbocycles. The summed E-state index contributed by atoms with van der Waals surface area (Å²) in [6, 6.07) is 13.5.